The van der Waals surface area contributed by atoms with Gasteiger partial charge in [0.05, 0.1) is 64.1 Å². The lowest BCUT2D eigenvalue weighted by Crippen LogP contribution is -1.97. The average molecular weight is 1900 g/mol. The van der Waals surface area contributed by atoms with Gasteiger partial charge in [-0.1, -0.05) is 352 Å². The number of nitrogens with zero attached hydrogens (tertiary/aromatic N) is 7. The van der Waals surface area contributed by atoms with Crippen LogP contribution in [-0.4, -0.2) is 33.6 Å². The topological polar surface area (TPSA) is 66.3 Å². The summed E-state index contributed by atoms with van der Waals surface area (Å²) in [5, 5.41) is 31.8. The normalized spacial score (nSPS) is 12.1. The van der Waals surface area contributed by atoms with Crippen molar-refractivity contribution in [3.8, 4) is 73.5 Å². The van der Waals surface area contributed by atoms with Crippen LogP contribution in [0.4, 0.5) is 0 Å². The molecule has 0 aliphatic heterocycles. The molecule has 0 saturated carbocycles. The van der Waals surface area contributed by atoms with E-state index in [4.69, 9.17) is 19.9 Å². The zero-order valence-corrected chi connectivity index (χ0v) is 80.1. The molecular weight excluding hydrogens is 1820 g/mol. The zero-order valence-electron chi connectivity index (χ0n) is 76.0. The molecule has 32 aromatic rings. The summed E-state index contributed by atoms with van der Waals surface area (Å²) in [5.41, 5.74) is 20.5. The van der Waals surface area contributed by atoms with Gasteiger partial charge in [-0.15, -0.1) is 56.7 Å². The van der Waals surface area contributed by atoms with Crippen molar-refractivity contribution in [1.29, 1.82) is 0 Å². The van der Waals surface area contributed by atoms with Gasteiger partial charge in [0, 0.05) is 164 Å². The molecule has 12 heteroatoms. The van der Waals surface area contributed by atoms with Crippen LogP contribution < -0.4 is 0 Å². The predicted molar refractivity (Wildman–Crippen MR) is 613 cm³/mol. The highest BCUT2D eigenvalue weighted by molar-refractivity contribution is 7.28. The van der Waals surface area contributed by atoms with E-state index in [1.54, 1.807) is 11.3 Å². The van der Waals surface area contributed by atoms with E-state index in [9.17, 15) is 0 Å². The van der Waals surface area contributed by atoms with Gasteiger partial charge in [-0.05, 0) is 152 Å². The van der Waals surface area contributed by atoms with Crippen LogP contribution in [0.2, 0.25) is 0 Å². The van der Waals surface area contributed by atoms with E-state index in [1.165, 1.54) is 216 Å². The molecule has 0 radical (unpaired) electrons. The summed E-state index contributed by atoms with van der Waals surface area (Å²) in [6, 6.07) is 165. The van der Waals surface area contributed by atoms with Crippen molar-refractivity contribution in [2.45, 2.75) is 0 Å². The number of para-hydroxylation sites is 3. The maximum absolute atomic E-state index is 5.32. The van der Waals surface area contributed by atoms with E-state index in [2.05, 4.69) is 463 Å². The summed E-state index contributed by atoms with van der Waals surface area (Å²) in [6.07, 6.45) is 0. The number of hydrogen-bond acceptors (Lipinski definition) is 9. The minimum absolute atomic E-state index is 0.739. The number of hydrogen-bond donors (Lipinski definition) is 0. The highest BCUT2D eigenvalue weighted by Crippen LogP contribution is 2.54. The first-order chi connectivity index (χ1) is 70.5. The molecule has 10 heterocycles. The molecular formula is C130H75N7S5. The minimum Gasteiger partial charge on any atom is -0.308 e. The zero-order chi connectivity index (χ0) is 92.9. The second-order valence-corrected chi connectivity index (χ2v) is 42.0. The maximum Gasteiger partial charge on any atom is 0.161 e. The van der Waals surface area contributed by atoms with Gasteiger partial charge in [0.15, 0.2) is 11.6 Å². The Balaban J connectivity index is 0.000000102. The van der Waals surface area contributed by atoms with Gasteiger partial charge in [-0.25, -0.2) is 19.9 Å². The predicted octanol–water partition coefficient (Wildman–Crippen LogP) is 37.9. The third-order valence-corrected chi connectivity index (χ3v) is 34.7. The quantitative estimate of drug-likeness (QED) is 0.142. The Morgan fingerprint density at radius 1 is 0.169 bits per heavy atom. The van der Waals surface area contributed by atoms with Crippen LogP contribution in [-0.2, 0) is 0 Å². The van der Waals surface area contributed by atoms with Gasteiger partial charge in [0.2, 0.25) is 0 Å². The fourth-order valence-electron chi connectivity index (χ4n) is 22.8. The first-order valence-electron chi connectivity index (χ1n) is 48.0. The number of rotatable bonds is 8. The molecule has 0 N–H and O–H groups in total. The summed E-state index contributed by atoms with van der Waals surface area (Å²) in [5.74, 6) is 1.48. The monoisotopic (exact) mass is 1890 g/mol. The van der Waals surface area contributed by atoms with Gasteiger partial charge in [0.25, 0.3) is 0 Å². The van der Waals surface area contributed by atoms with Crippen molar-refractivity contribution in [1.82, 2.24) is 33.6 Å². The molecule has 0 spiro atoms. The molecule has 660 valence electrons. The van der Waals surface area contributed by atoms with Gasteiger partial charge in [0.1, 0.15) is 4.83 Å². The van der Waals surface area contributed by atoms with Crippen molar-refractivity contribution >= 4 is 277 Å². The molecule has 0 saturated heterocycles. The lowest BCUT2D eigenvalue weighted by Gasteiger charge is -2.13. The minimum atomic E-state index is 0.739. The SMILES string of the molecule is c1ccc(-c2ccc3c(c2)c2c4ccccc4c4c5ccccc5sc4c2n3-c2ccccc2)cc1.c1ccc(-c2nc(-c3ccc4c(c3)sc3ccc(-n5c6ccccc6c6c7ccccc7c7c8ccccc8sc7c65)cc34)nc3c2ccc2ccccc23)cc1.c1ccc(-c2nc(-c3cccc(-n4c5ccccc5c5c6ccccc6c6c7ccccc7sc6c54)c3)c3c(n2)sc2ccccc23)cc1. The Hall–Kier alpha value is -17.2. The van der Waals surface area contributed by atoms with Gasteiger partial charge in [-0.3, -0.25) is 0 Å². The second-order valence-electron chi connectivity index (χ2n) is 36.7. The van der Waals surface area contributed by atoms with Crippen LogP contribution in [0.1, 0.15) is 0 Å². The average Bonchev–Trinajstić information content (AvgIpc) is 1.54. The van der Waals surface area contributed by atoms with E-state index < -0.39 is 0 Å². The van der Waals surface area contributed by atoms with Crippen molar-refractivity contribution in [2.24, 2.45) is 0 Å². The van der Waals surface area contributed by atoms with E-state index >= 15 is 0 Å². The van der Waals surface area contributed by atoms with Crippen LogP contribution in [0, 0.1) is 0 Å². The Morgan fingerprint density at radius 2 is 0.563 bits per heavy atom. The van der Waals surface area contributed by atoms with E-state index in [0.29, 0.717) is 0 Å². The number of aromatic nitrogens is 7. The van der Waals surface area contributed by atoms with Crippen molar-refractivity contribution < 1.29 is 0 Å². The third-order valence-electron chi connectivity index (χ3n) is 28.9. The molecule has 0 unspecified atom stereocenters. The highest BCUT2D eigenvalue weighted by atomic mass is 32.1. The lowest BCUT2D eigenvalue weighted by atomic mass is 9.97. The van der Waals surface area contributed by atoms with Crippen LogP contribution in [0.25, 0.3) is 294 Å². The molecule has 0 aliphatic rings. The molecule has 0 amide bonds. The Labute approximate surface area is 832 Å². The summed E-state index contributed by atoms with van der Waals surface area (Å²) in [7, 11) is 0. The van der Waals surface area contributed by atoms with Crippen molar-refractivity contribution in [3.63, 3.8) is 0 Å². The van der Waals surface area contributed by atoms with Gasteiger partial charge >= 0.3 is 0 Å². The van der Waals surface area contributed by atoms with E-state index in [1.807, 2.05) is 51.4 Å². The first-order valence-corrected chi connectivity index (χ1v) is 52.0. The molecule has 0 aliphatic carbocycles. The Morgan fingerprint density at radius 3 is 1.13 bits per heavy atom. The number of fused-ring (bicyclic) bond motifs is 39. The number of benzene rings is 22. The second kappa shape index (κ2) is 32.2. The summed E-state index contributed by atoms with van der Waals surface area (Å²) < 4.78 is 19.1. The van der Waals surface area contributed by atoms with E-state index in [0.717, 1.165) is 77.5 Å². The Bertz CT molecular complexity index is 10900. The molecule has 0 fully saturated rings. The molecule has 142 heavy (non-hydrogen) atoms. The van der Waals surface area contributed by atoms with E-state index in [-0.39, 0.29) is 0 Å². The van der Waals surface area contributed by atoms with Crippen LogP contribution >= 0.6 is 56.7 Å². The maximum atomic E-state index is 5.32. The summed E-state index contributed by atoms with van der Waals surface area (Å²) >= 11 is 9.28. The van der Waals surface area contributed by atoms with Crippen molar-refractivity contribution in [3.05, 3.63) is 455 Å². The molecule has 10 aromatic heterocycles. The standard InChI is InChI=1S/C52H29N3S2.C44H25N3S2.C34H21NS/c1-2-13-31(14-3-1)48-40-26-22-30-12-4-5-15-34(30)49(40)54-52(53-48)32-23-25-35-41-29-33(24-27-44(41)56-45(35)28-32)55-42-20-10-8-18-38(42)46-36-16-6-7-17-37(36)47-39-19-9-11-21-43(39)57-51(47)50(46)55;1-2-13-26(14-3-1)43-45-40(39-33-21-8-11-24-36(33)49-44(39)46-43)27-15-12-16-28(25-27)47-34-22-9-6-19-31(34)37-29-17-4-5-18-30(29)38-32-20-7-10-23-35(32)48-42(38)41(37)47;1-3-11-22(12-4-1)23-19-20-29-28(21-23)31-25-15-7-8-16-26(25)32-27-17-9-10-18-30(27)36-34(32)33(31)35(29)24-13-5-2-6-14-24/h1-29H;1-25H;1-21H. The molecule has 7 nitrogen and oxygen atoms in total. The molecule has 0 bridgehead atoms. The van der Waals surface area contributed by atoms with Crippen molar-refractivity contribution in [2.75, 3.05) is 0 Å². The smallest absolute Gasteiger partial charge is 0.161 e. The highest BCUT2D eigenvalue weighted by Gasteiger charge is 2.29. The van der Waals surface area contributed by atoms with Crippen LogP contribution in [0.3, 0.4) is 0 Å². The number of thiophene rings is 5. The summed E-state index contributed by atoms with van der Waals surface area (Å²) in [6.45, 7) is 0. The third kappa shape index (κ3) is 12.4. The first kappa shape index (κ1) is 80.9. The lowest BCUT2D eigenvalue weighted by molar-refractivity contribution is 1.18. The molecule has 32 rings (SSSR count). The fourth-order valence-corrected chi connectivity index (χ4v) is 28.8. The van der Waals surface area contributed by atoms with Gasteiger partial charge in [-0.2, -0.15) is 0 Å². The summed E-state index contributed by atoms with van der Waals surface area (Å²) in [4.78, 5) is 22.0. The molecule has 22 aromatic carbocycles. The van der Waals surface area contributed by atoms with Crippen LogP contribution in [0.5, 0.6) is 0 Å². The van der Waals surface area contributed by atoms with Crippen LogP contribution in [0.15, 0.2) is 455 Å². The fraction of sp³-hybridized carbons (Fsp3) is 0. The Kier molecular flexibility index (Phi) is 18.3. The van der Waals surface area contributed by atoms with Gasteiger partial charge < -0.3 is 13.7 Å². The largest absolute Gasteiger partial charge is 0.308 e. The molecule has 0 atom stereocenters.